The van der Waals surface area contributed by atoms with Crippen LogP contribution in [0.15, 0.2) is 30.3 Å². The molecule has 0 spiro atoms. The lowest BCUT2D eigenvalue weighted by atomic mass is 10.2. The number of hydrogen-bond donors (Lipinski definition) is 1. The van der Waals surface area contributed by atoms with E-state index >= 15 is 0 Å². The van der Waals surface area contributed by atoms with Crippen LogP contribution in [0.5, 0.6) is 0 Å². The normalized spacial score (nSPS) is 14.0. The van der Waals surface area contributed by atoms with Crippen molar-refractivity contribution in [2.24, 2.45) is 0 Å². The number of nitrogens with one attached hydrogen (secondary N) is 1. The first-order chi connectivity index (χ1) is 11.6. The lowest BCUT2D eigenvalue weighted by molar-refractivity contribution is -0.129. The summed E-state index contributed by atoms with van der Waals surface area (Å²) in [5, 5.41) is 7.21. The fourth-order valence-corrected chi connectivity index (χ4v) is 3.11. The van der Waals surface area contributed by atoms with Gasteiger partial charge in [-0.3, -0.25) is 9.59 Å². The van der Waals surface area contributed by atoms with E-state index in [1.807, 2.05) is 44.2 Å². The topological polar surface area (TPSA) is 67.2 Å². The highest BCUT2D eigenvalue weighted by atomic mass is 16.2. The molecular weight excluding hydrogens is 304 g/mol. The van der Waals surface area contributed by atoms with E-state index in [-0.39, 0.29) is 18.4 Å². The van der Waals surface area contributed by atoms with Crippen LogP contribution in [0.2, 0.25) is 0 Å². The molecule has 0 bridgehead atoms. The lowest BCUT2D eigenvalue weighted by Gasteiger charge is -2.15. The van der Waals surface area contributed by atoms with E-state index in [0.29, 0.717) is 11.3 Å². The molecule has 1 aliphatic rings. The molecular formula is C18H22N4O2. The first kappa shape index (κ1) is 16.2. The first-order valence-electron chi connectivity index (χ1n) is 8.25. The second-order valence-electron chi connectivity index (χ2n) is 6.06. The number of benzene rings is 1. The Labute approximate surface area is 141 Å². The van der Waals surface area contributed by atoms with Gasteiger partial charge >= 0.3 is 0 Å². The van der Waals surface area contributed by atoms with E-state index in [0.717, 1.165) is 37.3 Å². The summed E-state index contributed by atoms with van der Waals surface area (Å²) in [6.45, 7) is 5.29. The SMILES string of the molecule is Cc1nn(-c2ccccc2)c(C)c1C(=O)NCC(=O)N1CCCC1. The van der Waals surface area contributed by atoms with Crippen molar-refractivity contribution in [1.82, 2.24) is 20.0 Å². The van der Waals surface area contributed by atoms with Crippen LogP contribution >= 0.6 is 0 Å². The van der Waals surface area contributed by atoms with Crippen LogP contribution in [-0.4, -0.2) is 46.1 Å². The van der Waals surface area contributed by atoms with Crippen molar-refractivity contribution in [3.63, 3.8) is 0 Å². The molecule has 1 aliphatic heterocycles. The Morgan fingerprint density at radius 1 is 1.12 bits per heavy atom. The Bertz CT molecular complexity index is 746. The maximum Gasteiger partial charge on any atom is 0.255 e. The molecule has 6 heteroatoms. The van der Waals surface area contributed by atoms with E-state index in [4.69, 9.17) is 0 Å². The van der Waals surface area contributed by atoms with Gasteiger partial charge in [0, 0.05) is 13.1 Å². The molecule has 6 nitrogen and oxygen atoms in total. The number of amides is 2. The van der Waals surface area contributed by atoms with Gasteiger partial charge in [0.15, 0.2) is 0 Å². The predicted molar refractivity (Wildman–Crippen MR) is 91.2 cm³/mol. The number of likely N-dealkylation sites (tertiary alicyclic amines) is 1. The van der Waals surface area contributed by atoms with Crippen molar-refractivity contribution in [2.75, 3.05) is 19.6 Å². The van der Waals surface area contributed by atoms with Gasteiger partial charge in [-0.05, 0) is 38.8 Å². The standard InChI is InChI=1S/C18H22N4O2/c1-13-17(14(2)22(20-13)15-8-4-3-5-9-15)18(24)19-12-16(23)21-10-6-7-11-21/h3-5,8-9H,6-7,10-12H2,1-2H3,(H,19,24). The third kappa shape index (κ3) is 3.18. The van der Waals surface area contributed by atoms with Gasteiger partial charge in [-0.1, -0.05) is 18.2 Å². The molecule has 0 aliphatic carbocycles. The summed E-state index contributed by atoms with van der Waals surface area (Å²) in [4.78, 5) is 26.4. The smallest absolute Gasteiger partial charge is 0.255 e. The third-order valence-corrected chi connectivity index (χ3v) is 4.38. The van der Waals surface area contributed by atoms with Crippen LogP contribution < -0.4 is 5.32 Å². The Morgan fingerprint density at radius 3 is 2.46 bits per heavy atom. The van der Waals surface area contributed by atoms with Crippen molar-refractivity contribution < 1.29 is 9.59 Å². The number of para-hydroxylation sites is 1. The summed E-state index contributed by atoms with van der Waals surface area (Å²) in [6, 6.07) is 9.68. The molecule has 1 N–H and O–H groups in total. The highest BCUT2D eigenvalue weighted by Gasteiger charge is 2.22. The average Bonchev–Trinajstić information content (AvgIpc) is 3.22. The summed E-state index contributed by atoms with van der Waals surface area (Å²) in [5.74, 6) is -0.272. The van der Waals surface area contributed by atoms with E-state index in [1.54, 1.807) is 9.58 Å². The minimum atomic E-state index is -0.250. The molecule has 1 aromatic heterocycles. The number of nitrogens with zero attached hydrogens (tertiary/aromatic N) is 3. The second-order valence-corrected chi connectivity index (χ2v) is 6.06. The average molecular weight is 326 g/mol. The van der Waals surface area contributed by atoms with Crippen LogP contribution in [0, 0.1) is 13.8 Å². The summed E-state index contributed by atoms with van der Waals surface area (Å²) in [6.07, 6.45) is 2.09. The quantitative estimate of drug-likeness (QED) is 0.932. The fourth-order valence-electron chi connectivity index (χ4n) is 3.11. The first-order valence-corrected chi connectivity index (χ1v) is 8.25. The molecule has 1 fully saturated rings. The molecule has 0 unspecified atom stereocenters. The van der Waals surface area contributed by atoms with Crippen LogP contribution in [0.4, 0.5) is 0 Å². The van der Waals surface area contributed by atoms with Gasteiger partial charge in [-0.15, -0.1) is 0 Å². The summed E-state index contributed by atoms with van der Waals surface area (Å²) >= 11 is 0. The van der Waals surface area contributed by atoms with Gasteiger partial charge in [-0.2, -0.15) is 5.10 Å². The number of carbonyl (C=O) groups is 2. The molecule has 2 aromatic rings. The Balaban J connectivity index is 1.73. The maximum atomic E-state index is 12.5. The molecule has 126 valence electrons. The second kappa shape index (κ2) is 6.86. The summed E-state index contributed by atoms with van der Waals surface area (Å²) in [5.41, 5.74) is 2.87. The van der Waals surface area contributed by atoms with Crippen molar-refractivity contribution in [3.05, 3.63) is 47.3 Å². The largest absolute Gasteiger partial charge is 0.343 e. The molecule has 0 saturated carbocycles. The lowest BCUT2D eigenvalue weighted by Crippen LogP contribution is -2.38. The molecule has 1 saturated heterocycles. The number of aromatic nitrogens is 2. The van der Waals surface area contributed by atoms with Crippen LogP contribution in [-0.2, 0) is 4.79 Å². The van der Waals surface area contributed by atoms with E-state index < -0.39 is 0 Å². The number of hydrogen-bond acceptors (Lipinski definition) is 3. The molecule has 2 heterocycles. The zero-order valence-corrected chi connectivity index (χ0v) is 14.1. The Hall–Kier alpha value is -2.63. The zero-order valence-electron chi connectivity index (χ0n) is 14.1. The van der Waals surface area contributed by atoms with E-state index in [9.17, 15) is 9.59 Å². The van der Waals surface area contributed by atoms with Crippen molar-refractivity contribution in [3.8, 4) is 5.69 Å². The predicted octanol–water partition coefficient (Wildman–Crippen LogP) is 1.84. The van der Waals surface area contributed by atoms with Gasteiger partial charge < -0.3 is 10.2 Å². The molecule has 2 amide bonds. The highest BCUT2D eigenvalue weighted by Crippen LogP contribution is 2.17. The van der Waals surface area contributed by atoms with Gasteiger partial charge in [0.05, 0.1) is 29.2 Å². The summed E-state index contributed by atoms with van der Waals surface area (Å²) < 4.78 is 1.76. The van der Waals surface area contributed by atoms with E-state index in [2.05, 4.69) is 10.4 Å². The maximum absolute atomic E-state index is 12.5. The van der Waals surface area contributed by atoms with Gasteiger partial charge in [0.1, 0.15) is 0 Å². The highest BCUT2D eigenvalue weighted by molar-refractivity contribution is 5.98. The fraction of sp³-hybridized carbons (Fsp3) is 0.389. The Morgan fingerprint density at radius 2 is 1.79 bits per heavy atom. The minimum absolute atomic E-state index is 0.0217. The monoisotopic (exact) mass is 326 g/mol. The zero-order chi connectivity index (χ0) is 17.1. The number of carbonyl (C=O) groups excluding carboxylic acids is 2. The van der Waals surface area contributed by atoms with Crippen molar-refractivity contribution in [1.29, 1.82) is 0 Å². The molecule has 0 radical (unpaired) electrons. The van der Waals surface area contributed by atoms with Crippen molar-refractivity contribution in [2.45, 2.75) is 26.7 Å². The van der Waals surface area contributed by atoms with Crippen LogP contribution in [0.3, 0.4) is 0 Å². The van der Waals surface area contributed by atoms with Crippen LogP contribution in [0.1, 0.15) is 34.6 Å². The van der Waals surface area contributed by atoms with Crippen molar-refractivity contribution >= 4 is 11.8 Å². The minimum Gasteiger partial charge on any atom is -0.343 e. The third-order valence-electron chi connectivity index (χ3n) is 4.38. The molecule has 1 aromatic carbocycles. The van der Waals surface area contributed by atoms with Crippen LogP contribution in [0.25, 0.3) is 5.69 Å². The van der Waals surface area contributed by atoms with Gasteiger partial charge in [0.2, 0.25) is 5.91 Å². The number of rotatable bonds is 4. The number of aryl methyl sites for hydroxylation is 1. The molecule has 24 heavy (non-hydrogen) atoms. The molecule has 0 atom stereocenters. The van der Waals surface area contributed by atoms with Gasteiger partial charge in [-0.25, -0.2) is 4.68 Å². The van der Waals surface area contributed by atoms with E-state index in [1.165, 1.54) is 0 Å². The van der Waals surface area contributed by atoms with Gasteiger partial charge in [0.25, 0.3) is 5.91 Å². The Kier molecular flexibility index (Phi) is 4.64. The summed E-state index contributed by atoms with van der Waals surface area (Å²) in [7, 11) is 0. The molecule has 3 rings (SSSR count).